The molecule has 0 saturated carbocycles. The second-order valence-electron chi connectivity index (χ2n) is 3.94. The predicted octanol–water partition coefficient (Wildman–Crippen LogP) is 3.52. The van der Waals surface area contributed by atoms with Crippen molar-refractivity contribution in [2.45, 2.75) is 33.1 Å². The first kappa shape index (κ1) is 11.7. The summed E-state index contributed by atoms with van der Waals surface area (Å²) in [5, 5.41) is 0. The molecule has 1 aromatic rings. The third-order valence-electron chi connectivity index (χ3n) is 2.66. The lowest BCUT2D eigenvalue weighted by Gasteiger charge is -2.15. The molecule has 0 aliphatic heterocycles. The topological polar surface area (TPSA) is 26.0 Å². The van der Waals surface area contributed by atoms with E-state index in [0.717, 1.165) is 13.0 Å². The molecule has 0 aliphatic rings. The molecule has 1 unspecified atom stereocenters. The molecule has 0 bridgehead atoms. The van der Waals surface area contributed by atoms with Gasteiger partial charge in [-0.3, -0.25) is 0 Å². The Morgan fingerprint density at radius 1 is 1.36 bits per heavy atom. The standard InChI is InChI=1S/C12H18BrN/c1-8-6-11(9(2)4-5-14)10(3)12(13)7-8/h6-7,9H,4-5,14H2,1-3H3. The first-order valence-electron chi connectivity index (χ1n) is 5.03. The van der Waals surface area contributed by atoms with E-state index >= 15 is 0 Å². The van der Waals surface area contributed by atoms with Crippen molar-refractivity contribution in [1.82, 2.24) is 0 Å². The molecule has 0 fully saturated rings. The van der Waals surface area contributed by atoms with Crippen LogP contribution in [0.3, 0.4) is 0 Å². The van der Waals surface area contributed by atoms with Crippen LogP contribution in [0.15, 0.2) is 16.6 Å². The van der Waals surface area contributed by atoms with E-state index in [1.807, 2.05) is 0 Å². The molecule has 2 N–H and O–H groups in total. The van der Waals surface area contributed by atoms with Gasteiger partial charge in [0, 0.05) is 4.47 Å². The van der Waals surface area contributed by atoms with Crippen LogP contribution in [0, 0.1) is 13.8 Å². The van der Waals surface area contributed by atoms with Crippen molar-refractivity contribution in [3.8, 4) is 0 Å². The normalized spacial score (nSPS) is 12.9. The molecule has 0 amide bonds. The minimum atomic E-state index is 0.552. The molecule has 1 aromatic carbocycles. The fourth-order valence-electron chi connectivity index (χ4n) is 1.76. The zero-order chi connectivity index (χ0) is 10.7. The van der Waals surface area contributed by atoms with Crippen LogP contribution in [0.1, 0.15) is 36.0 Å². The van der Waals surface area contributed by atoms with E-state index in [1.54, 1.807) is 0 Å². The Labute approximate surface area is 94.8 Å². The van der Waals surface area contributed by atoms with Crippen molar-refractivity contribution in [2.75, 3.05) is 6.54 Å². The Bertz CT molecular complexity index is 320. The van der Waals surface area contributed by atoms with Crippen LogP contribution in [0.25, 0.3) is 0 Å². The van der Waals surface area contributed by atoms with Crippen molar-refractivity contribution in [3.63, 3.8) is 0 Å². The lowest BCUT2D eigenvalue weighted by atomic mass is 9.92. The summed E-state index contributed by atoms with van der Waals surface area (Å²) >= 11 is 3.59. The zero-order valence-electron chi connectivity index (χ0n) is 9.10. The maximum atomic E-state index is 5.58. The monoisotopic (exact) mass is 255 g/mol. The molecule has 1 rings (SSSR count). The summed E-state index contributed by atoms with van der Waals surface area (Å²) in [6, 6.07) is 4.43. The molecule has 0 aromatic heterocycles. The molecule has 2 heteroatoms. The fraction of sp³-hybridized carbons (Fsp3) is 0.500. The van der Waals surface area contributed by atoms with Gasteiger partial charge in [0.05, 0.1) is 0 Å². The quantitative estimate of drug-likeness (QED) is 0.879. The number of aryl methyl sites for hydroxylation is 1. The Kier molecular flexibility index (Phi) is 4.14. The summed E-state index contributed by atoms with van der Waals surface area (Å²) in [5.74, 6) is 0.552. The lowest BCUT2D eigenvalue weighted by molar-refractivity contribution is 0.685. The third-order valence-corrected chi connectivity index (χ3v) is 3.48. The van der Waals surface area contributed by atoms with E-state index in [0.29, 0.717) is 5.92 Å². The van der Waals surface area contributed by atoms with Gasteiger partial charge in [0.25, 0.3) is 0 Å². The maximum absolute atomic E-state index is 5.58. The average molecular weight is 256 g/mol. The number of rotatable bonds is 3. The van der Waals surface area contributed by atoms with E-state index in [1.165, 1.54) is 21.2 Å². The van der Waals surface area contributed by atoms with Crippen molar-refractivity contribution in [2.24, 2.45) is 5.73 Å². The van der Waals surface area contributed by atoms with Gasteiger partial charge in [-0.1, -0.05) is 28.9 Å². The SMILES string of the molecule is Cc1cc(Br)c(C)c(C(C)CCN)c1. The highest BCUT2D eigenvalue weighted by Crippen LogP contribution is 2.28. The van der Waals surface area contributed by atoms with Crippen LogP contribution in [0.2, 0.25) is 0 Å². The first-order chi connectivity index (χ1) is 6.56. The maximum Gasteiger partial charge on any atom is 0.0209 e. The van der Waals surface area contributed by atoms with Gasteiger partial charge in [0.2, 0.25) is 0 Å². The number of nitrogens with two attached hydrogens (primary N) is 1. The minimum absolute atomic E-state index is 0.552. The molecule has 0 heterocycles. The van der Waals surface area contributed by atoms with Crippen molar-refractivity contribution >= 4 is 15.9 Å². The Morgan fingerprint density at radius 2 is 2.00 bits per heavy atom. The second kappa shape index (κ2) is 4.94. The molecule has 0 aliphatic carbocycles. The first-order valence-corrected chi connectivity index (χ1v) is 5.82. The van der Waals surface area contributed by atoms with Gasteiger partial charge in [-0.05, 0) is 55.5 Å². The summed E-state index contributed by atoms with van der Waals surface area (Å²) in [6.45, 7) is 7.28. The van der Waals surface area contributed by atoms with Crippen LogP contribution in [-0.2, 0) is 0 Å². The molecule has 0 spiro atoms. The fourth-order valence-corrected chi connectivity index (χ4v) is 2.35. The largest absolute Gasteiger partial charge is 0.330 e. The Balaban J connectivity index is 3.07. The van der Waals surface area contributed by atoms with Gasteiger partial charge in [0.1, 0.15) is 0 Å². The minimum Gasteiger partial charge on any atom is -0.330 e. The van der Waals surface area contributed by atoms with Crippen LogP contribution in [-0.4, -0.2) is 6.54 Å². The molecule has 0 radical (unpaired) electrons. The van der Waals surface area contributed by atoms with E-state index in [-0.39, 0.29) is 0 Å². The second-order valence-corrected chi connectivity index (χ2v) is 4.79. The molecule has 0 saturated heterocycles. The van der Waals surface area contributed by atoms with Crippen molar-refractivity contribution in [3.05, 3.63) is 33.3 Å². The smallest absolute Gasteiger partial charge is 0.0209 e. The van der Waals surface area contributed by atoms with Gasteiger partial charge < -0.3 is 5.73 Å². The predicted molar refractivity (Wildman–Crippen MR) is 65.7 cm³/mol. The third kappa shape index (κ3) is 2.58. The van der Waals surface area contributed by atoms with Crippen LogP contribution in [0.5, 0.6) is 0 Å². The average Bonchev–Trinajstić information content (AvgIpc) is 2.11. The summed E-state index contributed by atoms with van der Waals surface area (Å²) in [4.78, 5) is 0. The van der Waals surface area contributed by atoms with E-state index < -0.39 is 0 Å². The van der Waals surface area contributed by atoms with Gasteiger partial charge in [-0.25, -0.2) is 0 Å². The van der Waals surface area contributed by atoms with Gasteiger partial charge in [0.15, 0.2) is 0 Å². The lowest BCUT2D eigenvalue weighted by Crippen LogP contribution is -2.06. The summed E-state index contributed by atoms with van der Waals surface area (Å²) < 4.78 is 1.20. The highest BCUT2D eigenvalue weighted by molar-refractivity contribution is 9.10. The zero-order valence-corrected chi connectivity index (χ0v) is 10.7. The highest BCUT2D eigenvalue weighted by atomic mass is 79.9. The summed E-state index contributed by atoms with van der Waals surface area (Å²) in [6.07, 6.45) is 1.05. The van der Waals surface area contributed by atoms with E-state index in [9.17, 15) is 0 Å². The molecule has 78 valence electrons. The Hall–Kier alpha value is -0.340. The Morgan fingerprint density at radius 3 is 2.57 bits per heavy atom. The highest BCUT2D eigenvalue weighted by Gasteiger charge is 2.10. The number of hydrogen-bond donors (Lipinski definition) is 1. The van der Waals surface area contributed by atoms with E-state index in [4.69, 9.17) is 5.73 Å². The van der Waals surface area contributed by atoms with Gasteiger partial charge in [-0.2, -0.15) is 0 Å². The summed E-state index contributed by atoms with van der Waals surface area (Å²) in [5.41, 5.74) is 9.65. The molecule has 1 nitrogen and oxygen atoms in total. The van der Waals surface area contributed by atoms with Gasteiger partial charge >= 0.3 is 0 Å². The van der Waals surface area contributed by atoms with Gasteiger partial charge in [-0.15, -0.1) is 0 Å². The van der Waals surface area contributed by atoms with E-state index in [2.05, 4.69) is 48.8 Å². The number of hydrogen-bond acceptors (Lipinski definition) is 1. The molecular formula is C12H18BrN. The van der Waals surface area contributed by atoms with Crippen molar-refractivity contribution in [1.29, 1.82) is 0 Å². The molecule has 14 heavy (non-hydrogen) atoms. The van der Waals surface area contributed by atoms with Crippen LogP contribution < -0.4 is 5.73 Å². The molecular weight excluding hydrogens is 238 g/mol. The van der Waals surface area contributed by atoms with Crippen LogP contribution in [0.4, 0.5) is 0 Å². The number of benzene rings is 1. The van der Waals surface area contributed by atoms with Crippen LogP contribution >= 0.6 is 15.9 Å². The molecule has 1 atom stereocenters. The van der Waals surface area contributed by atoms with Crippen molar-refractivity contribution < 1.29 is 0 Å². The number of halogens is 1. The summed E-state index contributed by atoms with van der Waals surface area (Å²) in [7, 11) is 0.